The Kier molecular flexibility index (Phi) is 7.02. The first-order chi connectivity index (χ1) is 19.1. The van der Waals surface area contributed by atoms with Crippen LogP contribution in [0.3, 0.4) is 0 Å². The Morgan fingerprint density at radius 1 is 0.744 bits per heavy atom. The maximum absolute atomic E-state index is 12.3. The highest BCUT2D eigenvalue weighted by atomic mass is 32.2. The standard InChI is InChI=1S/C33H26N2O3S/c36-32-31(39-33(37)34-32)20-28-18-27-19-29(38-22-26-9-5-2-6-10-26)15-16-30(27)35(28)21-25-13-11-24(12-14-25)17-23-7-3-1-4-8-23/h1-16,18-20H,17,21-22H2,(H,34,36,37). The van der Waals surface area contributed by atoms with E-state index in [2.05, 4.69) is 64.5 Å². The Morgan fingerprint density at radius 3 is 2.10 bits per heavy atom. The molecular formula is C33H26N2O3S. The number of fused-ring (bicyclic) bond motifs is 1. The lowest BCUT2D eigenvalue weighted by Crippen LogP contribution is -2.17. The third-order valence-corrected chi connectivity index (χ3v) is 7.50. The lowest BCUT2D eigenvalue weighted by Gasteiger charge is -2.11. The summed E-state index contributed by atoms with van der Waals surface area (Å²) in [7, 11) is 0. The van der Waals surface area contributed by atoms with Crippen molar-refractivity contribution in [2.24, 2.45) is 0 Å². The Bertz CT molecular complexity index is 1670. The summed E-state index contributed by atoms with van der Waals surface area (Å²) in [6.45, 7) is 1.11. The molecule has 0 radical (unpaired) electrons. The summed E-state index contributed by atoms with van der Waals surface area (Å²) in [5, 5.41) is 3.00. The van der Waals surface area contributed by atoms with Crippen LogP contribution < -0.4 is 10.1 Å². The van der Waals surface area contributed by atoms with Crippen molar-refractivity contribution in [3.63, 3.8) is 0 Å². The summed E-state index contributed by atoms with van der Waals surface area (Å²) in [6.07, 6.45) is 2.68. The number of rotatable bonds is 8. The number of carbonyl (C=O) groups excluding carboxylic acids is 2. The highest BCUT2D eigenvalue weighted by Crippen LogP contribution is 2.31. The number of hydrogen-bond donors (Lipinski definition) is 1. The fourth-order valence-electron chi connectivity index (χ4n) is 4.73. The number of ether oxygens (including phenoxy) is 1. The molecule has 0 saturated carbocycles. The van der Waals surface area contributed by atoms with E-state index in [-0.39, 0.29) is 11.1 Å². The molecule has 1 saturated heterocycles. The molecule has 6 heteroatoms. The minimum atomic E-state index is -0.362. The van der Waals surface area contributed by atoms with Gasteiger partial charge in [0.2, 0.25) is 0 Å². The molecule has 39 heavy (non-hydrogen) atoms. The third kappa shape index (κ3) is 5.81. The third-order valence-electron chi connectivity index (χ3n) is 6.69. The Hall–Kier alpha value is -4.55. The highest BCUT2D eigenvalue weighted by Gasteiger charge is 2.25. The summed E-state index contributed by atoms with van der Waals surface area (Å²) >= 11 is 0.929. The van der Waals surface area contributed by atoms with E-state index in [1.807, 2.05) is 54.6 Å². The van der Waals surface area contributed by atoms with Gasteiger partial charge in [-0.25, -0.2) is 0 Å². The van der Waals surface area contributed by atoms with Crippen molar-refractivity contribution in [2.75, 3.05) is 0 Å². The second kappa shape index (κ2) is 11.1. The Balaban J connectivity index is 1.30. The van der Waals surface area contributed by atoms with Crippen molar-refractivity contribution in [2.45, 2.75) is 19.6 Å². The molecule has 1 N–H and O–H groups in total. The zero-order valence-corrected chi connectivity index (χ0v) is 22.0. The smallest absolute Gasteiger partial charge is 0.290 e. The van der Waals surface area contributed by atoms with Crippen molar-refractivity contribution >= 4 is 39.9 Å². The SMILES string of the molecule is O=C1NC(=O)C(=Cc2cc3cc(OCc4ccccc4)ccc3n2Cc2ccc(Cc3ccccc3)cc2)S1. The van der Waals surface area contributed by atoms with E-state index in [4.69, 9.17) is 4.74 Å². The monoisotopic (exact) mass is 530 g/mol. The van der Waals surface area contributed by atoms with Crippen LogP contribution in [0.25, 0.3) is 17.0 Å². The van der Waals surface area contributed by atoms with Gasteiger partial charge in [-0.1, -0.05) is 84.9 Å². The Morgan fingerprint density at radius 2 is 1.41 bits per heavy atom. The highest BCUT2D eigenvalue weighted by molar-refractivity contribution is 8.18. The Labute approximate surface area is 231 Å². The van der Waals surface area contributed by atoms with Crippen molar-refractivity contribution in [3.8, 4) is 5.75 Å². The van der Waals surface area contributed by atoms with Gasteiger partial charge >= 0.3 is 0 Å². The molecular weight excluding hydrogens is 504 g/mol. The summed E-state index contributed by atoms with van der Waals surface area (Å²) in [4.78, 5) is 24.4. The van der Waals surface area contributed by atoms with Gasteiger partial charge in [-0.2, -0.15) is 0 Å². The number of nitrogens with zero attached hydrogens (tertiary/aromatic N) is 1. The quantitative estimate of drug-likeness (QED) is 0.216. The van der Waals surface area contributed by atoms with Gasteiger partial charge in [-0.3, -0.25) is 14.9 Å². The zero-order chi connectivity index (χ0) is 26.6. The number of benzene rings is 4. The number of carbonyl (C=O) groups is 2. The summed E-state index contributed by atoms with van der Waals surface area (Å²) in [5.41, 5.74) is 6.66. The van der Waals surface area contributed by atoms with Crippen LogP contribution in [0.5, 0.6) is 5.75 Å². The molecule has 1 aliphatic heterocycles. The molecule has 6 rings (SSSR count). The van der Waals surface area contributed by atoms with Crippen molar-refractivity contribution < 1.29 is 14.3 Å². The van der Waals surface area contributed by atoms with Crippen LogP contribution in [0.15, 0.2) is 114 Å². The normalized spacial score (nSPS) is 14.2. The van der Waals surface area contributed by atoms with Crippen molar-refractivity contribution in [3.05, 3.63) is 142 Å². The van der Waals surface area contributed by atoms with Crippen LogP contribution in [-0.4, -0.2) is 15.7 Å². The predicted octanol–water partition coefficient (Wildman–Crippen LogP) is 7.18. The van der Waals surface area contributed by atoms with Crippen LogP contribution in [-0.2, 0) is 24.4 Å². The first-order valence-corrected chi connectivity index (χ1v) is 13.6. The number of nitrogens with one attached hydrogen (secondary N) is 1. The minimum Gasteiger partial charge on any atom is -0.489 e. The second-order valence-corrected chi connectivity index (χ2v) is 10.5. The first kappa shape index (κ1) is 24.8. The molecule has 1 aromatic heterocycles. The van der Waals surface area contributed by atoms with Crippen molar-refractivity contribution in [1.29, 1.82) is 0 Å². The lowest BCUT2D eigenvalue weighted by molar-refractivity contribution is -0.115. The van der Waals surface area contributed by atoms with Gasteiger partial charge < -0.3 is 9.30 Å². The maximum atomic E-state index is 12.3. The van der Waals surface area contributed by atoms with Gasteiger partial charge in [0, 0.05) is 23.1 Å². The molecule has 5 aromatic rings. The van der Waals surface area contributed by atoms with Crippen LogP contribution in [0.4, 0.5) is 4.79 Å². The van der Waals surface area contributed by atoms with Gasteiger partial charge in [0.1, 0.15) is 12.4 Å². The number of hydrogen-bond acceptors (Lipinski definition) is 4. The van der Waals surface area contributed by atoms with E-state index in [0.717, 1.165) is 51.7 Å². The molecule has 1 fully saturated rings. The molecule has 0 unspecified atom stereocenters. The molecule has 0 aliphatic carbocycles. The molecule has 4 aromatic carbocycles. The average molecular weight is 531 g/mol. The van der Waals surface area contributed by atoms with Crippen LogP contribution in [0.2, 0.25) is 0 Å². The van der Waals surface area contributed by atoms with E-state index in [0.29, 0.717) is 18.1 Å². The topological polar surface area (TPSA) is 60.3 Å². The molecule has 0 bridgehead atoms. The number of aromatic nitrogens is 1. The second-order valence-electron chi connectivity index (χ2n) is 9.48. The summed E-state index contributed by atoms with van der Waals surface area (Å²) < 4.78 is 8.23. The van der Waals surface area contributed by atoms with Gasteiger partial charge in [0.15, 0.2) is 0 Å². The average Bonchev–Trinajstić information content (AvgIpc) is 3.46. The number of thioether (sulfide) groups is 1. The minimum absolute atomic E-state index is 0.348. The fraction of sp³-hybridized carbons (Fsp3) is 0.0909. The molecule has 2 amide bonds. The van der Waals surface area contributed by atoms with E-state index < -0.39 is 0 Å². The molecule has 2 heterocycles. The molecule has 192 valence electrons. The molecule has 0 spiro atoms. The van der Waals surface area contributed by atoms with Gasteiger partial charge in [0.05, 0.1) is 4.91 Å². The first-order valence-electron chi connectivity index (χ1n) is 12.8. The van der Waals surface area contributed by atoms with Crippen LogP contribution in [0.1, 0.15) is 27.9 Å². The van der Waals surface area contributed by atoms with E-state index in [9.17, 15) is 9.59 Å². The summed E-state index contributed by atoms with van der Waals surface area (Å²) in [6, 6.07) is 37.2. The maximum Gasteiger partial charge on any atom is 0.290 e. The predicted molar refractivity (Wildman–Crippen MR) is 157 cm³/mol. The molecule has 1 aliphatic rings. The van der Waals surface area contributed by atoms with Crippen LogP contribution >= 0.6 is 11.8 Å². The summed E-state index contributed by atoms with van der Waals surface area (Å²) in [5.74, 6) is 0.412. The zero-order valence-electron chi connectivity index (χ0n) is 21.2. The number of amides is 2. The number of imide groups is 1. The van der Waals surface area contributed by atoms with Gasteiger partial charge in [-0.05, 0) is 70.8 Å². The van der Waals surface area contributed by atoms with E-state index in [1.165, 1.54) is 11.1 Å². The largest absolute Gasteiger partial charge is 0.489 e. The lowest BCUT2D eigenvalue weighted by atomic mass is 10.0. The van der Waals surface area contributed by atoms with E-state index >= 15 is 0 Å². The van der Waals surface area contributed by atoms with Crippen LogP contribution in [0, 0.1) is 0 Å². The van der Waals surface area contributed by atoms with E-state index in [1.54, 1.807) is 6.08 Å². The van der Waals surface area contributed by atoms with Gasteiger partial charge in [-0.15, -0.1) is 0 Å². The molecule has 5 nitrogen and oxygen atoms in total. The van der Waals surface area contributed by atoms with Crippen molar-refractivity contribution in [1.82, 2.24) is 9.88 Å². The van der Waals surface area contributed by atoms with Gasteiger partial charge in [0.25, 0.3) is 11.1 Å². The fourth-order valence-corrected chi connectivity index (χ4v) is 5.40. The molecule has 0 atom stereocenters.